The summed E-state index contributed by atoms with van der Waals surface area (Å²) in [6, 6.07) is 9.98. The lowest BCUT2D eigenvalue weighted by molar-refractivity contribution is -0.114. The number of para-hydroxylation sites is 1. The Balaban J connectivity index is 1.58. The van der Waals surface area contributed by atoms with E-state index in [1.165, 1.54) is 6.08 Å². The zero-order chi connectivity index (χ0) is 20.6. The van der Waals surface area contributed by atoms with E-state index in [1.807, 2.05) is 59.8 Å². The van der Waals surface area contributed by atoms with Crippen LogP contribution in [0.3, 0.4) is 0 Å². The smallest absolute Gasteiger partial charge is 0.301 e. The average Bonchev–Trinajstić information content (AvgIpc) is 3.34. The minimum absolute atomic E-state index is 0.360. The first kappa shape index (κ1) is 19.4. The second-order valence-electron chi connectivity index (χ2n) is 7.29. The highest BCUT2D eigenvalue weighted by Gasteiger charge is 2.24. The van der Waals surface area contributed by atoms with Gasteiger partial charge in [0, 0.05) is 31.4 Å². The summed E-state index contributed by atoms with van der Waals surface area (Å²) < 4.78 is 32.1. The summed E-state index contributed by atoms with van der Waals surface area (Å²) in [5, 5.41) is 5.55. The number of carbonyl (C=O) groups is 1. The molecule has 1 fully saturated rings. The van der Waals surface area contributed by atoms with Crippen molar-refractivity contribution < 1.29 is 13.2 Å². The van der Waals surface area contributed by atoms with Crippen LogP contribution in [-0.4, -0.2) is 35.2 Å². The fourth-order valence-corrected chi connectivity index (χ4v) is 4.18. The van der Waals surface area contributed by atoms with Crippen molar-refractivity contribution in [2.24, 2.45) is 13.0 Å². The van der Waals surface area contributed by atoms with E-state index in [2.05, 4.69) is 9.82 Å². The molecule has 4 rings (SSSR count). The van der Waals surface area contributed by atoms with Crippen molar-refractivity contribution in [1.29, 1.82) is 0 Å². The number of aromatic nitrogens is 3. The van der Waals surface area contributed by atoms with Crippen LogP contribution in [0.4, 0.5) is 0 Å². The van der Waals surface area contributed by atoms with E-state index in [-0.39, 0.29) is 0 Å². The monoisotopic (exact) mass is 413 g/mol. The van der Waals surface area contributed by atoms with E-state index in [9.17, 15) is 13.2 Å². The van der Waals surface area contributed by atoms with Gasteiger partial charge in [-0.1, -0.05) is 18.2 Å². The molecule has 1 amide bonds. The summed E-state index contributed by atoms with van der Waals surface area (Å²) >= 11 is 0. The quantitative estimate of drug-likeness (QED) is 0.579. The number of hydrogen-bond donors (Lipinski definition) is 2. The van der Waals surface area contributed by atoms with Gasteiger partial charge in [-0.25, -0.2) is 4.72 Å². The largest absolute Gasteiger partial charge is 0.301 e. The van der Waals surface area contributed by atoms with E-state index in [0.29, 0.717) is 12.5 Å². The molecule has 1 saturated carbocycles. The van der Waals surface area contributed by atoms with Crippen molar-refractivity contribution >= 4 is 33.1 Å². The second-order valence-corrected chi connectivity index (χ2v) is 8.79. The van der Waals surface area contributed by atoms with Gasteiger partial charge in [0.05, 0.1) is 11.2 Å². The lowest BCUT2D eigenvalue weighted by Gasteiger charge is -2.08. The van der Waals surface area contributed by atoms with Gasteiger partial charge in [-0.15, -0.1) is 0 Å². The molecule has 2 heterocycles. The van der Waals surface area contributed by atoms with Gasteiger partial charge in [0.1, 0.15) is 5.82 Å². The average molecular weight is 414 g/mol. The Labute approximate surface area is 169 Å². The minimum atomic E-state index is -3.85. The zero-order valence-corrected chi connectivity index (χ0v) is 17.1. The molecule has 152 valence electrons. The highest BCUT2D eigenvalue weighted by Crippen LogP contribution is 2.27. The predicted octanol–water partition coefficient (Wildman–Crippen LogP) is 2.05. The Morgan fingerprint density at radius 3 is 2.79 bits per heavy atom. The van der Waals surface area contributed by atoms with Crippen LogP contribution in [0.1, 0.15) is 24.1 Å². The second kappa shape index (κ2) is 7.49. The number of nitrogens with one attached hydrogen (secondary N) is 2. The van der Waals surface area contributed by atoms with Crippen LogP contribution in [0.5, 0.6) is 0 Å². The fourth-order valence-electron chi connectivity index (χ4n) is 3.32. The van der Waals surface area contributed by atoms with Crippen molar-refractivity contribution in [2.75, 3.05) is 6.54 Å². The molecule has 2 aromatic heterocycles. The first-order chi connectivity index (χ1) is 13.8. The molecule has 9 heteroatoms. The maximum Gasteiger partial charge on any atom is 0.301 e. The lowest BCUT2D eigenvalue weighted by Crippen LogP contribution is -2.40. The van der Waals surface area contributed by atoms with Gasteiger partial charge < -0.3 is 4.57 Å². The molecule has 29 heavy (non-hydrogen) atoms. The molecule has 0 atom stereocenters. The number of fused-ring (bicyclic) bond motifs is 1. The molecular formula is C20H23N5O3S. The Morgan fingerprint density at radius 2 is 2.03 bits per heavy atom. The van der Waals surface area contributed by atoms with Crippen molar-refractivity contribution in [2.45, 2.75) is 19.8 Å². The predicted molar refractivity (Wildman–Crippen MR) is 112 cm³/mol. The summed E-state index contributed by atoms with van der Waals surface area (Å²) in [6.07, 6.45) is 6.81. The van der Waals surface area contributed by atoms with Crippen LogP contribution in [0, 0.1) is 12.8 Å². The molecule has 1 aromatic carbocycles. The fraction of sp³-hybridized carbons (Fsp3) is 0.300. The van der Waals surface area contributed by atoms with Crippen LogP contribution in [0.15, 0.2) is 42.6 Å². The van der Waals surface area contributed by atoms with Gasteiger partial charge in [0.15, 0.2) is 0 Å². The molecule has 1 aliphatic rings. The summed E-state index contributed by atoms with van der Waals surface area (Å²) in [5.74, 6) is 0.469. The molecule has 0 bridgehead atoms. The van der Waals surface area contributed by atoms with Crippen molar-refractivity contribution in [3.8, 4) is 5.82 Å². The molecule has 0 unspecified atom stereocenters. The molecule has 0 radical (unpaired) electrons. The maximum atomic E-state index is 12.2. The van der Waals surface area contributed by atoms with Gasteiger partial charge in [-0.2, -0.15) is 18.2 Å². The minimum Gasteiger partial charge on any atom is -0.301 e. The molecule has 0 aliphatic heterocycles. The third-order valence-corrected chi connectivity index (χ3v) is 5.98. The Hall–Kier alpha value is -2.91. The molecule has 0 saturated heterocycles. The number of benzene rings is 1. The summed E-state index contributed by atoms with van der Waals surface area (Å²) in [6.45, 7) is 2.21. The molecule has 3 aromatic rings. The van der Waals surface area contributed by atoms with Gasteiger partial charge >= 0.3 is 10.2 Å². The van der Waals surface area contributed by atoms with E-state index < -0.39 is 16.1 Å². The van der Waals surface area contributed by atoms with Crippen molar-refractivity contribution in [3.63, 3.8) is 0 Å². The molecule has 1 aliphatic carbocycles. The number of aryl methyl sites for hydroxylation is 2. The first-order valence-corrected chi connectivity index (χ1v) is 10.9. The van der Waals surface area contributed by atoms with E-state index in [4.69, 9.17) is 0 Å². The number of rotatable bonds is 7. The first-order valence-electron chi connectivity index (χ1n) is 9.43. The molecule has 0 spiro atoms. The summed E-state index contributed by atoms with van der Waals surface area (Å²) in [4.78, 5) is 12.2. The van der Waals surface area contributed by atoms with Crippen LogP contribution in [0.2, 0.25) is 0 Å². The van der Waals surface area contributed by atoms with Crippen LogP contribution in [0.25, 0.3) is 22.8 Å². The Kier molecular flexibility index (Phi) is 5.01. The highest BCUT2D eigenvalue weighted by atomic mass is 32.2. The number of nitrogens with zero attached hydrogens (tertiary/aromatic N) is 3. The highest BCUT2D eigenvalue weighted by molar-refractivity contribution is 7.88. The number of amides is 1. The van der Waals surface area contributed by atoms with Crippen LogP contribution >= 0.6 is 0 Å². The van der Waals surface area contributed by atoms with E-state index in [0.717, 1.165) is 40.8 Å². The van der Waals surface area contributed by atoms with Gasteiger partial charge in [-0.3, -0.25) is 9.48 Å². The maximum absolute atomic E-state index is 12.2. The summed E-state index contributed by atoms with van der Waals surface area (Å²) in [7, 11) is -2.02. The topological polar surface area (TPSA) is 98.0 Å². The van der Waals surface area contributed by atoms with Gasteiger partial charge in [0.25, 0.3) is 5.91 Å². The SMILES string of the molecule is Cc1nn(C)c(-n2ccc3ccccc32)c1/C=C/C(=O)NS(=O)(=O)NCC1CC1. The Morgan fingerprint density at radius 1 is 1.28 bits per heavy atom. The van der Waals surface area contributed by atoms with Crippen molar-refractivity contribution in [3.05, 3.63) is 53.9 Å². The third-order valence-electron chi connectivity index (χ3n) is 4.96. The van der Waals surface area contributed by atoms with Gasteiger partial charge in [-0.05, 0) is 49.3 Å². The van der Waals surface area contributed by atoms with E-state index in [1.54, 1.807) is 10.8 Å². The molecular weight excluding hydrogens is 390 g/mol. The third kappa shape index (κ3) is 4.25. The zero-order valence-electron chi connectivity index (χ0n) is 16.3. The normalized spacial score (nSPS) is 14.7. The number of carbonyl (C=O) groups excluding carboxylic acids is 1. The summed E-state index contributed by atoms with van der Waals surface area (Å²) in [5.41, 5.74) is 2.49. The number of hydrogen-bond acceptors (Lipinski definition) is 4. The molecule has 2 N–H and O–H groups in total. The Bertz CT molecular complexity index is 1200. The standard InChI is InChI=1S/C20H23N5O3S/c1-14-17(9-10-19(26)23-29(27,28)21-13-15-7-8-15)20(24(2)22-14)25-12-11-16-5-3-4-6-18(16)25/h3-6,9-12,15,21H,7-8,13H2,1-2H3,(H,23,26)/b10-9+. The lowest BCUT2D eigenvalue weighted by atomic mass is 10.2. The van der Waals surface area contributed by atoms with Crippen molar-refractivity contribution in [1.82, 2.24) is 23.8 Å². The van der Waals surface area contributed by atoms with Crippen LogP contribution in [-0.2, 0) is 22.1 Å². The molecule has 8 nitrogen and oxygen atoms in total. The van der Waals surface area contributed by atoms with Gasteiger partial charge in [0.2, 0.25) is 0 Å². The van der Waals surface area contributed by atoms with E-state index >= 15 is 0 Å². The van der Waals surface area contributed by atoms with Crippen LogP contribution < -0.4 is 9.44 Å².